The second-order valence-electron chi connectivity index (χ2n) is 11.1. The van der Waals surface area contributed by atoms with E-state index >= 15 is 0 Å². The topological polar surface area (TPSA) is 61.8 Å². The fourth-order valence-corrected chi connectivity index (χ4v) is 4.94. The Balaban J connectivity index is 2.25. The van der Waals surface area contributed by atoms with E-state index in [2.05, 4.69) is 33.9 Å². The largest absolute Gasteiger partial charge is 0.451 e. The van der Waals surface area contributed by atoms with Crippen molar-refractivity contribution in [1.29, 1.82) is 0 Å². The van der Waals surface area contributed by atoms with Crippen molar-refractivity contribution in [3.63, 3.8) is 0 Å². The van der Waals surface area contributed by atoms with Gasteiger partial charge in [0.2, 0.25) is 0 Å². The van der Waals surface area contributed by atoms with Crippen molar-refractivity contribution < 1.29 is 23.5 Å². The van der Waals surface area contributed by atoms with E-state index in [1.54, 1.807) is 0 Å². The second-order valence-corrected chi connectivity index (χ2v) is 15.9. The molecular formula is C28H42O5Si. The molecule has 0 saturated heterocycles. The molecule has 0 aromatic heterocycles. The highest BCUT2D eigenvalue weighted by molar-refractivity contribution is 6.74. The van der Waals surface area contributed by atoms with Crippen LogP contribution in [0.15, 0.2) is 53.6 Å². The molecule has 1 aliphatic carbocycles. The van der Waals surface area contributed by atoms with Crippen LogP contribution in [0.1, 0.15) is 53.5 Å². The molecule has 0 aliphatic heterocycles. The van der Waals surface area contributed by atoms with Crippen LogP contribution in [-0.2, 0) is 30.1 Å². The highest BCUT2D eigenvalue weighted by Gasteiger charge is 2.45. The molecule has 0 fully saturated rings. The Labute approximate surface area is 206 Å². The molecule has 0 spiro atoms. The maximum atomic E-state index is 12.3. The average Bonchev–Trinajstić information content (AvgIpc) is 2.74. The van der Waals surface area contributed by atoms with E-state index in [-0.39, 0.29) is 16.9 Å². The Bertz CT molecular complexity index is 897. The standard InChI is InChI=1S/C28H42O5Si/c1-21(17-32-34(7,8)27(4,5)6)14-26-15-25(19-31-18-24-12-10-9-11-13-24)22(2)16-28(26,20-29)33-23(3)30/h9-15,20,22,26H,16-19H2,1-8H3/b21-14+/t22-,26-,28-/m1/s1. The van der Waals surface area contributed by atoms with Gasteiger partial charge in [0.1, 0.15) is 0 Å². The lowest BCUT2D eigenvalue weighted by atomic mass is 9.72. The number of aldehydes is 1. The summed E-state index contributed by atoms with van der Waals surface area (Å²) in [5.74, 6) is -0.776. The third-order valence-electron chi connectivity index (χ3n) is 7.06. The van der Waals surface area contributed by atoms with Crippen molar-refractivity contribution in [3.8, 4) is 0 Å². The monoisotopic (exact) mass is 486 g/mol. The molecule has 0 N–H and O–H groups in total. The number of ether oxygens (including phenoxy) is 2. The van der Waals surface area contributed by atoms with Crippen LogP contribution in [0.3, 0.4) is 0 Å². The molecule has 5 nitrogen and oxygen atoms in total. The van der Waals surface area contributed by atoms with Crippen LogP contribution in [0, 0.1) is 11.8 Å². The minimum absolute atomic E-state index is 0.0498. The second kappa shape index (κ2) is 11.6. The smallest absolute Gasteiger partial charge is 0.303 e. The van der Waals surface area contributed by atoms with E-state index in [1.807, 2.05) is 56.3 Å². The maximum Gasteiger partial charge on any atom is 0.303 e. The molecule has 0 saturated carbocycles. The zero-order chi connectivity index (χ0) is 25.6. The number of hydrogen-bond donors (Lipinski definition) is 0. The maximum absolute atomic E-state index is 12.3. The molecule has 188 valence electrons. The van der Waals surface area contributed by atoms with Crippen LogP contribution >= 0.6 is 0 Å². The van der Waals surface area contributed by atoms with Crippen LogP contribution < -0.4 is 0 Å². The van der Waals surface area contributed by atoms with Gasteiger partial charge < -0.3 is 13.9 Å². The first kappa shape index (κ1) is 28.2. The van der Waals surface area contributed by atoms with Crippen molar-refractivity contribution in [2.45, 2.75) is 78.3 Å². The van der Waals surface area contributed by atoms with E-state index < -0.39 is 19.9 Å². The van der Waals surface area contributed by atoms with E-state index in [1.165, 1.54) is 6.92 Å². The van der Waals surface area contributed by atoms with Crippen molar-refractivity contribution in [1.82, 2.24) is 0 Å². The zero-order valence-electron chi connectivity index (χ0n) is 22.1. The molecule has 0 radical (unpaired) electrons. The van der Waals surface area contributed by atoms with E-state index in [9.17, 15) is 9.59 Å². The van der Waals surface area contributed by atoms with Crippen LogP contribution in [0.4, 0.5) is 0 Å². The Hall–Kier alpha value is -2.02. The summed E-state index contributed by atoms with van der Waals surface area (Å²) in [5, 5.41) is 0.112. The van der Waals surface area contributed by atoms with Crippen molar-refractivity contribution in [3.05, 3.63) is 59.2 Å². The van der Waals surface area contributed by atoms with Gasteiger partial charge in [-0.15, -0.1) is 0 Å². The molecule has 6 heteroatoms. The summed E-state index contributed by atoms with van der Waals surface area (Å²) in [7, 11) is -1.91. The normalized spacial score (nSPS) is 23.9. The minimum Gasteiger partial charge on any atom is -0.451 e. The summed E-state index contributed by atoms with van der Waals surface area (Å²) in [4.78, 5) is 24.2. The summed E-state index contributed by atoms with van der Waals surface area (Å²) < 4.78 is 18.0. The Morgan fingerprint density at radius 3 is 2.35 bits per heavy atom. The Morgan fingerprint density at radius 1 is 1.15 bits per heavy atom. The highest BCUT2D eigenvalue weighted by atomic mass is 28.4. The van der Waals surface area contributed by atoms with Crippen LogP contribution in [-0.4, -0.2) is 39.4 Å². The van der Waals surface area contributed by atoms with E-state index in [0.717, 1.165) is 23.0 Å². The Kier molecular flexibility index (Phi) is 9.63. The van der Waals surface area contributed by atoms with Gasteiger partial charge in [-0.3, -0.25) is 9.59 Å². The average molecular weight is 487 g/mol. The van der Waals surface area contributed by atoms with Crippen LogP contribution in [0.2, 0.25) is 18.1 Å². The van der Waals surface area contributed by atoms with Gasteiger partial charge in [-0.2, -0.15) is 0 Å². The van der Waals surface area contributed by atoms with E-state index in [0.29, 0.717) is 26.2 Å². The lowest BCUT2D eigenvalue weighted by molar-refractivity contribution is -0.165. The highest BCUT2D eigenvalue weighted by Crippen LogP contribution is 2.40. The Morgan fingerprint density at radius 2 is 1.79 bits per heavy atom. The fraction of sp³-hybridized carbons (Fsp3) is 0.571. The number of rotatable bonds is 10. The number of hydrogen-bond acceptors (Lipinski definition) is 5. The third-order valence-corrected chi connectivity index (χ3v) is 11.5. The van der Waals surface area contributed by atoms with Gasteiger partial charge in [-0.25, -0.2) is 0 Å². The molecular weight excluding hydrogens is 444 g/mol. The first-order valence-electron chi connectivity index (χ1n) is 12.1. The number of esters is 1. The molecule has 0 heterocycles. The first-order valence-corrected chi connectivity index (χ1v) is 15.0. The predicted molar refractivity (Wildman–Crippen MR) is 139 cm³/mol. The summed E-state index contributed by atoms with van der Waals surface area (Å²) in [6, 6.07) is 10.0. The van der Waals surface area contributed by atoms with E-state index in [4.69, 9.17) is 13.9 Å². The zero-order valence-corrected chi connectivity index (χ0v) is 23.1. The van der Waals surface area contributed by atoms with Crippen molar-refractivity contribution in [2.24, 2.45) is 11.8 Å². The quantitative estimate of drug-likeness (QED) is 0.169. The number of carbonyl (C=O) groups is 2. The van der Waals surface area contributed by atoms with Crippen LogP contribution in [0.5, 0.6) is 0 Å². The first-order chi connectivity index (χ1) is 15.8. The lowest BCUT2D eigenvalue weighted by Crippen LogP contribution is -2.47. The van der Waals surface area contributed by atoms with Gasteiger partial charge in [0.05, 0.1) is 19.8 Å². The molecule has 3 atom stereocenters. The summed E-state index contributed by atoms with van der Waals surface area (Å²) >= 11 is 0. The third kappa shape index (κ3) is 7.49. The molecule has 1 aromatic carbocycles. The summed E-state index contributed by atoms with van der Waals surface area (Å²) in [6.07, 6.45) is 5.29. The molecule has 1 aromatic rings. The molecule has 34 heavy (non-hydrogen) atoms. The van der Waals surface area contributed by atoms with Crippen molar-refractivity contribution >= 4 is 20.6 Å². The molecule has 0 unspecified atom stereocenters. The SMILES string of the molecule is CC(=O)O[C@@]1(C=O)C[C@@H](C)C(COCc2ccccc2)=C[C@H]1/C=C(\C)CO[Si](C)(C)C(C)(C)C. The van der Waals surface area contributed by atoms with Crippen molar-refractivity contribution in [2.75, 3.05) is 13.2 Å². The summed E-state index contributed by atoms with van der Waals surface area (Å²) in [6.45, 7) is 18.0. The predicted octanol–water partition coefficient (Wildman–Crippen LogP) is 6.25. The van der Waals surface area contributed by atoms with Crippen LogP contribution in [0.25, 0.3) is 0 Å². The number of carbonyl (C=O) groups excluding carboxylic acids is 2. The van der Waals surface area contributed by atoms with Gasteiger partial charge in [0.25, 0.3) is 0 Å². The van der Waals surface area contributed by atoms with Gasteiger partial charge in [0, 0.05) is 19.3 Å². The minimum atomic E-state index is -1.91. The molecule has 0 bridgehead atoms. The lowest BCUT2D eigenvalue weighted by Gasteiger charge is -2.40. The van der Waals surface area contributed by atoms with Gasteiger partial charge >= 0.3 is 5.97 Å². The van der Waals surface area contributed by atoms with Gasteiger partial charge in [0.15, 0.2) is 20.2 Å². The molecule has 2 rings (SSSR count). The summed E-state index contributed by atoms with van der Waals surface area (Å²) in [5.41, 5.74) is 2.03. The van der Waals surface area contributed by atoms with Gasteiger partial charge in [-0.05, 0) is 42.1 Å². The fourth-order valence-electron chi connectivity index (χ4n) is 3.92. The molecule has 0 amide bonds. The van der Waals surface area contributed by atoms with Gasteiger partial charge in [-0.1, -0.05) is 75.8 Å². The molecule has 1 aliphatic rings. The number of benzene rings is 1.